The summed E-state index contributed by atoms with van der Waals surface area (Å²) in [4.78, 5) is 25.5. The number of rotatable bonds is 18. The van der Waals surface area contributed by atoms with E-state index in [0.29, 0.717) is 25.3 Å². The van der Waals surface area contributed by atoms with Gasteiger partial charge in [-0.15, -0.1) is 0 Å². The number of aliphatic carboxylic acids is 1. The third-order valence-electron chi connectivity index (χ3n) is 5.77. The number of urea groups is 1. The van der Waals surface area contributed by atoms with Crippen molar-refractivity contribution in [1.82, 2.24) is 10.2 Å². The molecule has 0 spiro atoms. The van der Waals surface area contributed by atoms with Gasteiger partial charge < -0.3 is 29.5 Å². The molecule has 0 aliphatic heterocycles. The molecular weight excluding hydrogens is 498 g/mol. The van der Waals surface area contributed by atoms with Crippen LogP contribution in [0, 0.1) is 0 Å². The van der Waals surface area contributed by atoms with Gasteiger partial charge in [-0.25, -0.2) is 18.4 Å². The third-order valence-corrected chi connectivity index (χ3v) is 5.77. The quantitative estimate of drug-likeness (QED) is 0.274. The molecule has 0 saturated heterocycles. The van der Waals surface area contributed by atoms with Gasteiger partial charge in [-0.3, -0.25) is 0 Å². The fourth-order valence-corrected chi connectivity index (χ4v) is 3.51. The first-order valence-electron chi connectivity index (χ1n) is 12.8. The summed E-state index contributed by atoms with van der Waals surface area (Å²) in [5, 5.41) is 12.1. The van der Waals surface area contributed by atoms with E-state index < -0.39 is 24.6 Å². The summed E-state index contributed by atoms with van der Waals surface area (Å²) < 4.78 is 43.0. The van der Waals surface area contributed by atoms with Crippen LogP contribution in [0.15, 0.2) is 54.6 Å². The number of halogens is 2. The van der Waals surface area contributed by atoms with Gasteiger partial charge in [0, 0.05) is 32.5 Å². The van der Waals surface area contributed by atoms with Crippen molar-refractivity contribution in [3.05, 3.63) is 65.7 Å². The molecule has 0 fully saturated rings. The highest BCUT2D eigenvalue weighted by Gasteiger charge is 2.26. The first kappa shape index (κ1) is 31.0. The molecule has 8 nitrogen and oxygen atoms in total. The Hall–Kier alpha value is -3.24. The molecule has 2 rings (SSSR count). The lowest BCUT2D eigenvalue weighted by molar-refractivity contribution is -0.149. The zero-order chi connectivity index (χ0) is 27.8. The molecule has 0 aliphatic carbocycles. The van der Waals surface area contributed by atoms with Crippen LogP contribution in [0.5, 0.6) is 5.75 Å². The normalized spacial score (nSPS) is 12.1. The maximum atomic E-state index is 13.5. The van der Waals surface area contributed by atoms with Crippen molar-refractivity contribution in [2.24, 2.45) is 0 Å². The Balaban J connectivity index is 1.87. The van der Waals surface area contributed by atoms with Crippen LogP contribution in [0.25, 0.3) is 0 Å². The van der Waals surface area contributed by atoms with Gasteiger partial charge in [-0.2, -0.15) is 0 Å². The Morgan fingerprint density at radius 2 is 1.68 bits per heavy atom. The van der Waals surface area contributed by atoms with E-state index in [0.717, 1.165) is 11.1 Å². The fraction of sp³-hybridized carbons (Fsp3) is 0.500. The highest BCUT2D eigenvalue weighted by Crippen LogP contribution is 2.18. The first-order chi connectivity index (χ1) is 18.2. The molecule has 1 unspecified atom stereocenters. The Labute approximate surface area is 222 Å². The molecule has 0 saturated carbocycles. The van der Waals surface area contributed by atoms with E-state index in [1.807, 2.05) is 30.3 Å². The summed E-state index contributed by atoms with van der Waals surface area (Å²) in [7, 11) is 0. The summed E-state index contributed by atoms with van der Waals surface area (Å²) in [6.07, 6.45) is -0.335. The van der Waals surface area contributed by atoms with Gasteiger partial charge >= 0.3 is 12.0 Å². The smallest absolute Gasteiger partial charge is 0.333 e. The third kappa shape index (κ3) is 11.9. The topological polar surface area (TPSA) is 97.3 Å². The van der Waals surface area contributed by atoms with Gasteiger partial charge in [0.15, 0.2) is 6.10 Å². The van der Waals surface area contributed by atoms with Crippen LogP contribution in [-0.2, 0) is 27.1 Å². The highest BCUT2D eigenvalue weighted by molar-refractivity contribution is 5.74. The maximum absolute atomic E-state index is 13.5. The van der Waals surface area contributed by atoms with Crippen molar-refractivity contribution in [2.45, 2.75) is 45.1 Å². The van der Waals surface area contributed by atoms with Gasteiger partial charge in [0.25, 0.3) is 5.92 Å². The van der Waals surface area contributed by atoms with Crippen molar-refractivity contribution < 1.29 is 37.7 Å². The molecule has 2 aromatic rings. The van der Waals surface area contributed by atoms with Gasteiger partial charge in [0.1, 0.15) is 19.0 Å². The number of amides is 2. The van der Waals surface area contributed by atoms with Gasteiger partial charge in [-0.1, -0.05) is 49.4 Å². The van der Waals surface area contributed by atoms with E-state index in [-0.39, 0.29) is 45.2 Å². The molecule has 38 heavy (non-hydrogen) atoms. The number of carboxylic acids is 1. The fourth-order valence-electron chi connectivity index (χ4n) is 3.51. The number of carbonyl (C=O) groups excluding carboxylic acids is 1. The average molecular weight is 537 g/mol. The number of hydrogen-bond donors (Lipinski definition) is 2. The van der Waals surface area contributed by atoms with Crippen molar-refractivity contribution in [3.63, 3.8) is 0 Å². The van der Waals surface area contributed by atoms with Crippen molar-refractivity contribution in [2.75, 3.05) is 46.1 Å². The minimum atomic E-state index is -2.90. The molecule has 210 valence electrons. The number of nitrogens with one attached hydrogen (secondary N) is 1. The Kier molecular flexibility index (Phi) is 13.5. The summed E-state index contributed by atoms with van der Waals surface area (Å²) in [5.41, 5.74) is 1.88. The number of ether oxygens (including phenoxy) is 3. The number of carbonyl (C=O) groups is 2. The molecule has 0 bridgehead atoms. The van der Waals surface area contributed by atoms with Gasteiger partial charge in [0.2, 0.25) is 0 Å². The largest absolute Gasteiger partial charge is 0.492 e. The minimum Gasteiger partial charge on any atom is -0.492 e. The lowest BCUT2D eigenvalue weighted by Crippen LogP contribution is -2.44. The van der Waals surface area contributed by atoms with Crippen molar-refractivity contribution >= 4 is 12.0 Å². The van der Waals surface area contributed by atoms with E-state index in [2.05, 4.69) is 5.32 Å². The molecule has 10 heteroatoms. The van der Waals surface area contributed by atoms with Crippen LogP contribution < -0.4 is 10.1 Å². The zero-order valence-corrected chi connectivity index (χ0v) is 22.0. The number of nitrogens with zero attached hydrogens (tertiary/aromatic N) is 1. The number of carboxylic acid groups (broad SMARTS) is 1. The molecule has 0 heterocycles. The second-order valence-electron chi connectivity index (χ2n) is 8.70. The Morgan fingerprint density at radius 1 is 1.00 bits per heavy atom. The lowest BCUT2D eigenvalue weighted by atomic mass is 10.1. The van der Waals surface area contributed by atoms with Crippen molar-refractivity contribution in [3.8, 4) is 5.75 Å². The van der Waals surface area contributed by atoms with Crippen LogP contribution >= 0.6 is 0 Å². The van der Waals surface area contributed by atoms with E-state index in [1.165, 1.54) is 11.8 Å². The molecule has 2 N–H and O–H groups in total. The summed E-state index contributed by atoms with van der Waals surface area (Å²) >= 11 is 0. The standard InChI is InChI=1S/C28H38F2N2O6/c1-3-28(29,30)21-36-18-16-32(27(35)31-15-14-22-8-6-5-7-9-22)17-19-38-24-12-10-23(11-13-24)20-25(26(33)34)37-4-2/h5-13,25H,3-4,14-21H2,1-2H3,(H,31,35)(H,33,34). The monoisotopic (exact) mass is 536 g/mol. The minimum absolute atomic E-state index is 0.0268. The summed E-state index contributed by atoms with van der Waals surface area (Å²) in [6, 6.07) is 16.4. The lowest BCUT2D eigenvalue weighted by Gasteiger charge is -2.24. The van der Waals surface area contributed by atoms with Crippen molar-refractivity contribution in [1.29, 1.82) is 0 Å². The van der Waals surface area contributed by atoms with E-state index in [4.69, 9.17) is 14.2 Å². The molecule has 0 aliphatic rings. The van der Waals surface area contributed by atoms with Crippen LogP contribution in [0.1, 0.15) is 31.4 Å². The van der Waals surface area contributed by atoms with Gasteiger partial charge in [0.05, 0.1) is 13.2 Å². The number of benzene rings is 2. The highest BCUT2D eigenvalue weighted by atomic mass is 19.3. The van der Waals surface area contributed by atoms with E-state index in [1.54, 1.807) is 31.2 Å². The van der Waals surface area contributed by atoms with Crippen LogP contribution in [0.2, 0.25) is 0 Å². The predicted molar refractivity (Wildman–Crippen MR) is 140 cm³/mol. The number of alkyl halides is 2. The second-order valence-corrected chi connectivity index (χ2v) is 8.70. The maximum Gasteiger partial charge on any atom is 0.333 e. The average Bonchev–Trinajstić information content (AvgIpc) is 2.91. The van der Waals surface area contributed by atoms with E-state index >= 15 is 0 Å². The Morgan fingerprint density at radius 3 is 2.32 bits per heavy atom. The van der Waals surface area contributed by atoms with Crippen LogP contribution in [0.4, 0.5) is 13.6 Å². The molecule has 2 amide bonds. The first-order valence-corrected chi connectivity index (χ1v) is 12.8. The number of hydrogen-bond acceptors (Lipinski definition) is 5. The second kappa shape index (κ2) is 16.6. The van der Waals surface area contributed by atoms with Gasteiger partial charge in [-0.05, 0) is 36.6 Å². The SMILES string of the molecule is CCOC(Cc1ccc(OCCN(CCOCC(F)(F)CC)C(=O)NCCc2ccccc2)cc1)C(=O)O. The molecular formula is C28H38F2N2O6. The molecule has 2 aromatic carbocycles. The zero-order valence-electron chi connectivity index (χ0n) is 22.0. The summed E-state index contributed by atoms with van der Waals surface area (Å²) in [5.74, 6) is -3.36. The summed E-state index contributed by atoms with van der Waals surface area (Å²) in [6.45, 7) is 3.67. The predicted octanol–water partition coefficient (Wildman–Crippen LogP) is 4.41. The van der Waals surface area contributed by atoms with Crippen LogP contribution in [-0.4, -0.2) is 80.1 Å². The molecule has 0 radical (unpaired) electrons. The molecule has 1 atom stereocenters. The molecule has 0 aromatic heterocycles. The van der Waals surface area contributed by atoms with E-state index in [9.17, 15) is 23.5 Å². The Bertz CT molecular complexity index is 960. The van der Waals surface area contributed by atoms with Crippen LogP contribution in [0.3, 0.4) is 0 Å².